The van der Waals surface area contributed by atoms with Crippen molar-refractivity contribution in [3.8, 4) is 5.75 Å². The lowest BCUT2D eigenvalue weighted by Crippen LogP contribution is -2.07. The Kier molecular flexibility index (Phi) is 3.58. The van der Waals surface area contributed by atoms with Gasteiger partial charge in [0.2, 0.25) is 0 Å². The van der Waals surface area contributed by atoms with Crippen LogP contribution in [-0.2, 0) is 13.0 Å². The Morgan fingerprint density at radius 3 is 2.68 bits per heavy atom. The standard InChI is InChI=1S/C17H18Cl2N2O/c18-12-5-6-14(22)16(17(12)19)11-7-15-20-8-13(21(15)9-11)10-3-1-2-4-10/h5-6,8,10-11,22H,1-4,7,9H2/t11-/m0/s1. The summed E-state index contributed by atoms with van der Waals surface area (Å²) in [5.74, 6) is 2.12. The SMILES string of the molecule is Oc1ccc(Cl)c(Cl)c1[C@H]1Cc2ncc(C3CCCC3)n2C1. The third-order valence-electron chi connectivity index (χ3n) is 5.09. The van der Waals surface area contributed by atoms with E-state index in [0.29, 0.717) is 16.0 Å². The van der Waals surface area contributed by atoms with Crippen molar-refractivity contribution in [3.63, 3.8) is 0 Å². The molecule has 1 fully saturated rings. The molecule has 1 atom stereocenters. The van der Waals surface area contributed by atoms with Gasteiger partial charge in [-0.2, -0.15) is 0 Å². The molecular formula is C17H18Cl2N2O. The average Bonchev–Trinajstić information content (AvgIpc) is 3.18. The van der Waals surface area contributed by atoms with E-state index >= 15 is 0 Å². The third-order valence-corrected chi connectivity index (χ3v) is 5.91. The molecule has 2 aromatic rings. The van der Waals surface area contributed by atoms with E-state index < -0.39 is 0 Å². The molecule has 0 bridgehead atoms. The highest BCUT2D eigenvalue weighted by Gasteiger charge is 2.32. The zero-order chi connectivity index (χ0) is 15.3. The zero-order valence-electron chi connectivity index (χ0n) is 12.2. The molecule has 0 unspecified atom stereocenters. The van der Waals surface area contributed by atoms with Crippen molar-refractivity contribution >= 4 is 23.2 Å². The van der Waals surface area contributed by atoms with Crippen LogP contribution in [0, 0.1) is 0 Å². The minimum atomic E-state index is 0.148. The molecule has 1 saturated carbocycles. The maximum atomic E-state index is 10.2. The molecule has 1 aliphatic carbocycles. The second-order valence-electron chi connectivity index (χ2n) is 6.39. The number of benzene rings is 1. The first-order valence-corrected chi connectivity index (χ1v) is 8.62. The average molecular weight is 337 g/mol. The number of phenols is 1. The monoisotopic (exact) mass is 336 g/mol. The number of aromatic nitrogens is 2. The molecule has 0 saturated heterocycles. The maximum Gasteiger partial charge on any atom is 0.120 e. The number of hydrogen-bond acceptors (Lipinski definition) is 2. The van der Waals surface area contributed by atoms with Crippen LogP contribution < -0.4 is 0 Å². The van der Waals surface area contributed by atoms with Crippen LogP contribution in [0.1, 0.15) is 54.6 Å². The van der Waals surface area contributed by atoms with Gasteiger partial charge in [0, 0.05) is 42.3 Å². The largest absolute Gasteiger partial charge is 0.508 e. The van der Waals surface area contributed by atoms with Crippen molar-refractivity contribution in [3.05, 3.63) is 45.5 Å². The van der Waals surface area contributed by atoms with Gasteiger partial charge in [-0.3, -0.25) is 0 Å². The number of halogens is 2. The number of hydrogen-bond donors (Lipinski definition) is 1. The second-order valence-corrected chi connectivity index (χ2v) is 7.17. The van der Waals surface area contributed by atoms with Crippen molar-refractivity contribution in [1.82, 2.24) is 9.55 Å². The molecular weight excluding hydrogens is 319 g/mol. The van der Waals surface area contributed by atoms with Gasteiger partial charge in [0.15, 0.2) is 0 Å². The van der Waals surface area contributed by atoms with E-state index in [9.17, 15) is 5.11 Å². The van der Waals surface area contributed by atoms with E-state index in [1.54, 1.807) is 12.1 Å². The third kappa shape index (κ3) is 2.22. The van der Waals surface area contributed by atoms with Crippen LogP contribution in [0.4, 0.5) is 0 Å². The van der Waals surface area contributed by atoms with Gasteiger partial charge in [0.05, 0.1) is 10.0 Å². The van der Waals surface area contributed by atoms with Crippen LogP contribution in [-0.4, -0.2) is 14.7 Å². The van der Waals surface area contributed by atoms with Gasteiger partial charge in [-0.05, 0) is 25.0 Å². The summed E-state index contributed by atoms with van der Waals surface area (Å²) >= 11 is 12.5. The van der Waals surface area contributed by atoms with E-state index in [1.165, 1.54) is 31.4 Å². The highest BCUT2D eigenvalue weighted by molar-refractivity contribution is 6.42. The summed E-state index contributed by atoms with van der Waals surface area (Å²) in [7, 11) is 0. The van der Waals surface area contributed by atoms with Crippen LogP contribution in [0.25, 0.3) is 0 Å². The Morgan fingerprint density at radius 2 is 1.91 bits per heavy atom. The van der Waals surface area contributed by atoms with Gasteiger partial charge in [0.25, 0.3) is 0 Å². The molecule has 2 aliphatic rings. The molecule has 0 amide bonds. The molecule has 1 N–H and O–H groups in total. The summed E-state index contributed by atoms with van der Waals surface area (Å²) in [6.07, 6.45) is 8.00. The number of phenolic OH excluding ortho intramolecular Hbond substituents is 1. The fourth-order valence-corrected chi connectivity index (χ4v) is 4.47. The number of rotatable bonds is 2. The highest BCUT2D eigenvalue weighted by atomic mass is 35.5. The first-order chi connectivity index (χ1) is 10.6. The maximum absolute atomic E-state index is 10.2. The summed E-state index contributed by atoms with van der Waals surface area (Å²) in [6.45, 7) is 0.828. The predicted octanol–water partition coefficient (Wildman–Crippen LogP) is 4.89. The van der Waals surface area contributed by atoms with Gasteiger partial charge < -0.3 is 9.67 Å². The van der Waals surface area contributed by atoms with Crippen LogP contribution in [0.15, 0.2) is 18.3 Å². The molecule has 1 aromatic carbocycles. The number of fused-ring (bicyclic) bond motifs is 1. The summed E-state index contributed by atoms with van der Waals surface area (Å²) < 4.78 is 2.33. The molecule has 2 heterocycles. The summed E-state index contributed by atoms with van der Waals surface area (Å²) in [5, 5.41) is 11.2. The molecule has 22 heavy (non-hydrogen) atoms. The first kappa shape index (κ1) is 14.4. The van der Waals surface area contributed by atoms with E-state index in [1.807, 2.05) is 6.20 Å². The Bertz CT molecular complexity index is 720. The Hall–Kier alpha value is -1.19. The fraction of sp³-hybridized carbons (Fsp3) is 0.471. The lowest BCUT2D eigenvalue weighted by Gasteiger charge is -2.16. The predicted molar refractivity (Wildman–Crippen MR) is 88.0 cm³/mol. The Morgan fingerprint density at radius 1 is 1.14 bits per heavy atom. The topological polar surface area (TPSA) is 38.1 Å². The van der Waals surface area contributed by atoms with E-state index in [2.05, 4.69) is 9.55 Å². The van der Waals surface area contributed by atoms with E-state index in [4.69, 9.17) is 23.2 Å². The minimum Gasteiger partial charge on any atom is -0.508 e. The number of aromatic hydroxyl groups is 1. The van der Waals surface area contributed by atoms with Crippen LogP contribution in [0.5, 0.6) is 5.75 Å². The molecule has 5 heteroatoms. The molecule has 116 valence electrons. The van der Waals surface area contributed by atoms with Gasteiger partial charge >= 0.3 is 0 Å². The molecule has 1 aliphatic heterocycles. The highest BCUT2D eigenvalue weighted by Crippen LogP contribution is 2.43. The lowest BCUT2D eigenvalue weighted by atomic mass is 9.96. The normalized spacial score (nSPS) is 21.5. The van der Waals surface area contributed by atoms with Gasteiger partial charge in [-0.25, -0.2) is 4.98 Å². The van der Waals surface area contributed by atoms with Crippen molar-refractivity contribution in [2.75, 3.05) is 0 Å². The summed E-state index contributed by atoms with van der Waals surface area (Å²) in [5.41, 5.74) is 2.12. The van der Waals surface area contributed by atoms with Crippen molar-refractivity contribution in [1.29, 1.82) is 0 Å². The van der Waals surface area contributed by atoms with Crippen LogP contribution in [0.2, 0.25) is 10.0 Å². The number of imidazole rings is 1. The fourth-order valence-electron chi connectivity index (χ4n) is 3.99. The smallest absolute Gasteiger partial charge is 0.120 e. The van der Waals surface area contributed by atoms with Crippen LogP contribution >= 0.6 is 23.2 Å². The second kappa shape index (κ2) is 5.47. The Labute approximate surface area is 139 Å². The van der Waals surface area contributed by atoms with Gasteiger partial charge in [-0.15, -0.1) is 0 Å². The first-order valence-electron chi connectivity index (χ1n) is 7.86. The van der Waals surface area contributed by atoms with Crippen molar-refractivity contribution < 1.29 is 5.11 Å². The molecule has 4 rings (SSSR count). The minimum absolute atomic E-state index is 0.148. The van der Waals surface area contributed by atoms with Crippen molar-refractivity contribution in [2.45, 2.75) is 50.5 Å². The van der Waals surface area contributed by atoms with Crippen molar-refractivity contribution in [2.24, 2.45) is 0 Å². The molecule has 3 nitrogen and oxygen atoms in total. The lowest BCUT2D eigenvalue weighted by molar-refractivity contribution is 0.458. The van der Waals surface area contributed by atoms with Crippen LogP contribution in [0.3, 0.4) is 0 Å². The summed E-state index contributed by atoms with van der Waals surface area (Å²) in [6, 6.07) is 3.27. The Balaban J connectivity index is 1.67. The van der Waals surface area contributed by atoms with E-state index in [-0.39, 0.29) is 11.7 Å². The van der Waals surface area contributed by atoms with Gasteiger partial charge in [0.1, 0.15) is 11.6 Å². The summed E-state index contributed by atoms with van der Waals surface area (Å²) in [4.78, 5) is 4.60. The molecule has 0 spiro atoms. The molecule has 0 radical (unpaired) electrons. The van der Waals surface area contributed by atoms with Gasteiger partial charge in [-0.1, -0.05) is 36.0 Å². The molecule has 1 aromatic heterocycles. The quantitative estimate of drug-likeness (QED) is 0.847. The number of nitrogens with zero attached hydrogens (tertiary/aromatic N) is 2. The zero-order valence-corrected chi connectivity index (χ0v) is 13.7. The van der Waals surface area contributed by atoms with E-state index in [0.717, 1.165) is 24.4 Å².